The van der Waals surface area contributed by atoms with Crippen molar-refractivity contribution >= 4 is 0 Å². The van der Waals surface area contributed by atoms with Crippen LogP contribution in [0, 0.1) is 0 Å². The lowest BCUT2D eigenvalue weighted by Crippen LogP contribution is -2.44. The summed E-state index contributed by atoms with van der Waals surface area (Å²) in [6.07, 6.45) is 5.98. The topological polar surface area (TPSA) is 23.5 Å². The highest BCUT2D eigenvalue weighted by atomic mass is 16.3. The van der Waals surface area contributed by atoms with Crippen LogP contribution < -0.4 is 0 Å². The number of benzene rings is 1. The number of rotatable bonds is 2. The number of β-amino-alcohol motifs (C(OH)–C–C–N with tert-alkyl or cyclic N) is 1. The molecule has 0 radical (unpaired) electrons. The van der Waals surface area contributed by atoms with Gasteiger partial charge in [0.05, 0.1) is 0 Å². The lowest BCUT2D eigenvalue weighted by atomic mass is 9.77. The van der Waals surface area contributed by atoms with Crippen molar-refractivity contribution < 1.29 is 5.11 Å². The summed E-state index contributed by atoms with van der Waals surface area (Å²) in [4.78, 5) is 2.24. The molecule has 2 fully saturated rings. The molecule has 0 amide bonds. The summed E-state index contributed by atoms with van der Waals surface area (Å²) in [5.41, 5.74) is 1.92. The lowest BCUT2D eigenvalue weighted by molar-refractivity contribution is -0.0278. The first-order valence-corrected chi connectivity index (χ1v) is 7.19. The van der Waals surface area contributed by atoms with Crippen molar-refractivity contribution in [1.29, 1.82) is 0 Å². The lowest BCUT2D eigenvalue weighted by Gasteiger charge is -2.38. The zero-order valence-electron chi connectivity index (χ0n) is 11.2. The summed E-state index contributed by atoms with van der Waals surface area (Å²) in [6.45, 7) is 1.87. The van der Waals surface area contributed by atoms with Gasteiger partial charge in [0, 0.05) is 6.54 Å². The minimum atomic E-state index is -0.632. The summed E-state index contributed by atoms with van der Waals surface area (Å²) in [5, 5.41) is 10.9. The number of likely N-dealkylation sites (N-methyl/N-ethyl adjacent to an activating group) is 1. The first kappa shape index (κ1) is 12.2. The van der Waals surface area contributed by atoms with Crippen LogP contribution in [0.1, 0.15) is 49.1 Å². The van der Waals surface area contributed by atoms with Gasteiger partial charge in [-0.3, -0.25) is 0 Å². The van der Waals surface area contributed by atoms with Crippen LogP contribution in [-0.2, 0) is 5.60 Å². The molecule has 1 N–H and O–H groups in total. The molecule has 1 aromatic carbocycles. The van der Waals surface area contributed by atoms with Crippen LogP contribution in [0.15, 0.2) is 24.3 Å². The highest BCUT2D eigenvalue weighted by Crippen LogP contribution is 2.38. The van der Waals surface area contributed by atoms with E-state index in [1.165, 1.54) is 24.8 Å². The molecule has 1 aliphatic carbocycles. The van der Waals surface area contributed by atoms with Gasteiger partial charge in [-0.1, -0.05) is 30.7 Å². The van der Waals surface area contributed by atoms with Crippen LogP contribution in [0.2, 0.25) is 0 Å². The van der Waals surface area contributed by atoms with Gasteiger partial charge in [0.2, 0.25) is 0 Å². The van der Waals surface area contributed by atoms with E-state index in [-0.39, 0.29) is 0 Å². The normalized spacial score (nSPS) is 30.1. The molecular formula is C16H23NO. The molecule has 3 rings (SSSR count). The van der Waals surface area contributed by atoms with Crippen LogP contribution in [0.25, 0.3) is 0 Å². The first-order chi connectivity index (χ1) is 8.67. The maximum atomic E-state index is 10.9. The van der Waals surface area contributed by atoms with Crippen LogP contribution in [0.5, 0.6) is 0 Å². The largest absolute Gasteiger partial charge is 0.384 e. The molecule has 1 atom stereocenters. The summed E-state index contributed by atoms with van der Waals surface area (Å²) >= 11 is 0. The van der Waals surface area contributed by atoms with Gasteiger partial charge < -0.3 is 10.0 Å². The third-order valence-corrected chi connectivity index (χ3v) is 4.66. The van der Waals surface area contributed by atoms with Crippen LogP contribution >= 0.6 is 0 Å². The Labute approximate surface area is 110 Å². The molecule has 2 heteroatoms. The molecule has 1 heterocycles. The highest BCUT2D eigenvalue weighted by Gasteiger charge is 2.34. The molecule has 0 aromatic heterocycles. The molecule has 1 saturated heterocycles. The van der Waals surface area contributed by atoms with Crippen molar-refractivity contribution in [2.24, 2.45) is 0 Å². The second kappa shape index (κ2) is 4.67. The Hall–Kier alpha value is -0.860. The number of piperidine rings is 1. The average molecular weight is 245 g/mol. The molecular weight excluding hydrogens is 222 g/mol. The quantitative estimate of drug-likeness (QED) is 0.866. The van der Waals surface area contributed by atoms with Gasteiger partial charge in [0.15, 0.2) is 0 Å². The second-order valence-electron chi connectivity index (χ2n) is 6.13. The fourth-order valence-electron chi connectivity index (χ4n) is 3.31. The van der Waals surface area contributed by atoms with E-state index < -0.39 is 5.60 Å². The van der Waals surface area contributed by atoms with Crippen molar-refractivity contribution in [3.63, 3.8) is 0 Å². The molecule has 0 spiro atoms. The van der Waals surface area contributed by atoms with E-state index in [4.69, 9.17) is 0 Å². The Kier molecular flexibility index (Phi) is 3.16. The summed E-state index contributed by atoms with van der Waals surface area (Å²) in [7, 11) is 2.10. The van der Waals surface area contributed by atoms with Crippen molar-refractivity contribution in [3.8, 4) is 0 Å². The smallest absolute Gasteiger partial charge is 0.102 e. The van der Waals surface area contributed by atoms with Gasteiger partial charge in [-0.05, 0) is 56.3 Å². The predicted molar refractivity (Wildman–Crippen MR) is 73.7 cm³/mol. The van der Waals surface area contributed by atoms with E-state index in [0.717, 1.165) is 37.4 Å². The van der Waals surface area contributed by atoms with E-state index in [2.05, 4.69) is 36.2 Å². The van der Waals surface area contributed by atoms with Gasteiger partial charge >= 0.3 is 0 Å². The van der Waals surface area contributed by atoms with Gasteiger partial charge in [-0.15, -0.1) is 0 Å². The third kappa shape index (κ3) is 2.19. The summed E-state index contributed by atoms with van der Waals surface area (Å²) < 4.78 is 0. The Morgan fingerprint density at radius 2 is 2.11 bits per heavy atom. The van der Waals surface area contributed by atoms with E-state index >= 15 is 0 Å². The third-order valence-electron chi connectivity index (χ3n) is 4.66. The van der Waals surface area contributed by atoms with Crippen molar-refractivity contribution in [1.82, 2.24) is 4.90 Å². The Balaban J connectivity index is 1.86. The van der Waals surface area contributed by atoms with Crippen molar-refractivity contribution in [3.05, 3.63) is 35.4 Å². The van der Waals surface area contributed by atoms with Crippen molar-refractivity contribution in [2.75, 3.05) is 20.1 Å². The number of hydrogen-bond donors (Lipinski definition) is 1. The van der Waals surface area contributed by atoms with Gasteiger partial charge in [0.1, 0.15) is 5.60 Å². The minimum Gasteiger partial charge on any atom is -0.384 e. The van der Waals surface area contributed by atoms with Gasteiger partial charge in [-0.25, -0.2) is 0 Å². The van der Waals surface area contributed by atoms with Crippen LogP contribution in [0.3, 0.4) is 0 Å². The molecule has 98 valence electrons. The fraction of sp³-hybridized carbons (Fsp3) is 0.625. The Morgan fingerprint density at radius 3 is 2.78 bits per heavy atom. The molecule has 1 saturated carbocycles. The summed E-state index contributed by atoms with van der Waals surface area (Å²) in [6, 6.07) is 8.70. The molecule has 0 bridgehead atoms. The molecule has 2 aliphatic rings. The minimum absolute atomic E-state index is 0.632. The number of hydrogen-bond acceptors (Lipinski definition) is 2. The average Bonchev–Trinajstić information content (AvgIpc) is 2.27. The molecule has 18 heavy (non-hydrogen) atoms. The molecule has 1 unspecified atom stereocenters. The van der Waals surface area contributed by atoms with Crippen LogP contribution in [-0.4, -0.2) is 30.1 Å². The van der Waals surface area contributed by atoms with E-state index in [0.29, 0.717) is 0 Å². The van der Waals surface area contributed by atoms with Crippen LogP contribution in [0.4, 0.5) is 0 Å². The number of likely N-dealkylation sites (tertiary alicyclic amines) is 1. The Morgan fingerprint density at radius 1 is 1.28 bits per heavy atom. The van der Waals surface area contributed by atoms with Gasteiger partial charge in [-0.2, -0.15) is 0 Å². The zero-order valence-corrected chi connectivity index (χ0v) is 11.2. The Bertz CT molecular complexity index is 427. The van der Waals surface area contributed by atoms with E-state index in [9.17, 15) is 5.11 Å². The molecule has 1 aliphatic heterocycles. The monoisotopic (exact) mass is 245 g/mol. The first-order valence-electron chi connectivity index (χ1n) is 7.19. The van der Waals surface area contributed by atoms with E-state index in [1.54, 1.807) is 0 Å². The standard InChI is InChI=1S/C16H23NO/c1-17-10-4-9-16(18,12-17)15-8-3-7-14(11-15)13-5-2-6-13/h3,7-8,11,13,18H,2,4-6,9-10,12H2,1H3. The molecule has 1 aromatic rings. The predicted octanol–water partition coefficient (Wildman–Crippen LogP) is 2.87. The zero-order chi connectivity index (χ0) is 12.6. The summed E-state index contributed by atoms with van der Waals surface area (Å²) in [5.74, 6) is 0.745. The second-order valence-corrected chi connectivity index (χ2v) is 6.13. The number of nitrogens with zero attached hydrogens (tertiary/aromatic N) is 1. The maximum absolute atomic E-state index is 10.9. The van der Waals surface area contributed by atoms with Crippen molar-refractivity contribution in [2.45, 2.75) is 43.6 Å². The van der Waals surface area contributed by atoms with Gasteiger partial charge in [0.25, 0.3) is 0 Å². The molecule has 2 nitrogen and oxygen atoms in total. The number of aliphatic hydroxyl groups is 1. The fourth-order valence-corrected chi connectivity index (χ4v) is 3.31. The maximum Gasteiger partial charge on any atom is 0.102 e. The van der Waals surface area contributed by atoms with E-state index in [1.807, 2.05) is 0 Å². The highest BCUT2D eigenvalue weighted by molar-refractivity contribution is 5.32. The SMILES string of the molecule is CN1CCCC(O)(c2cccc(C3CCC3)c2)C1.